The third kappa shape index (κ3) is 5.84. The van der Waals surface area contributed by atoms with Crippen molar-refractivity contribution in [2.24, 2.45) is 4.99 Å². The zero-order valence-electron chi connectivity index (χ0n) is 23.9. The molecule has 10 nitrogen and oxygen atoms in total. The molecule has 4 rings (SSSR count). The fraction of sp³-hybridized carbons (Fsp3) is 0.345. The van der Waals surface area contributed by atoms with E-state index in [-0.39, 0.29) is 22.9 Å². The maximum Gasteiger partial charge on any atom is 0.319 e. The van der Waals surface area contributed by atoms with E-state index in [1.165, 1.54) is 14.2 Å². The van der Waals surface area contributed by atoms with Gasteiger partial charge in [-0.2, -0.15) is 4.98 Å². The first-order valence-electron chi connectivity index (χ1n) is 13.1. The average molecular weight is 562 g/mol. The minimum absolute atomic E-state index is 0.162. The number of rotatable bonds is 8. The van der Waals surface area contributed by atoms with Crippen LogP contribution in [0, 0.1) is 13.8 Å². The number of likely N-dealkylation sites (N-methyl/N-ethyl adjacent to an activating group) is 1. The Labute approximate surface area is 240 Å². The summed E-state index contributed by atoms with van der Waals surface area (Å²) in [7, 11) is 4.72. The highest BCUT2D eigenvalue weighted by molar-refractivity contribution is 7.80. The Balaban J connectivity index is 1.71. The van der Waals surface area contributed by atoms with E-state index >= 15 is 0 Å². The van der Waals surface area contributed by atoms with Crippen LogP contribution in [0.5, 0.6) is 11.9 Å². The Kier molecular flexibility index (Phi) is 8.83. The van der Waals surface area contributed by atoms with Crippen molar-refractivity contribution in [3.05, 3.63) is 64.8 Å². The first kappa shape index (κ1) is 28.8. The molecule has 0 radical (unpaired) electrons. The van der Waals surface area contributed by atoms with E-state index in [4.69, 9.17) is 26.7 Å². The second-order valence-electron chi connectivity index (χ2n) is 9.35. The number of fused-ring (bicyclic) bond motifs is 1. The third-order valence-electron chi connectivity index (χ3n) is 6.81. The highest BCUT2D eigenvalue weighted by Crippen LogP contribution is 2.31. The molecule has 0 aliphatic carbocycles. The highest BCUT2D eigenvalue weighted by atomic mass is 32.1. The summed E-state index contributed by atoms with van der Waals surface area (Å²) in [5.74, 6) is 0.00433. The van der Waals surface area contributed by atoms with Gasteiger partial charge in [-0.25, -0.2) is 9.98 Å². The van der Waals surface area contributed by atoms with E-state index in [1.54, 1.807) is 18.1 Å². The molecule has 1 aromatic heterocycles. The molecular formula is C29H35N7O3S. The van der Waals surface area contributed by atoms with Crippen LogP contribution in [0.2, 0.25) is 0 Å². The summed E-state index contributed by atoms with van der Waals surface area (Å²) in [6.45, 7) is 10.1. The molecule has 0 spiro atoms. The van der Waals surface area contributed by atoms with Crippen molar-refractivity contribution in [1.82, 2.24) is 15.3 Å². The number of hydrogen-bond acceptors (Lipinski definition) is 8. The third-order valence-corrected chi connectivity index (χ3v) is 7.03. The lowest BCUT2D eigenvalue weighted by molar-refractivity contribution is -0.119. The van der Waals surface area contributed by atoms with Gasteiger partial charge in [-0.05, 0) is 75.8 Å². The molecule has 0 saturated carbocycles. The molecule has 2 heterocycles. The fourth-order valence-electron chi connectivity index (χ4n) is 4.62. The van der Waals surface area contributed by atoms with Gasteiger partial charge in [0.05, 0.1) is 31.2 Å². The van der Waals surface area contributed by atoms with Crippen LogP contribution in [0.25, 0.3) is 0 Å². The Morgan fingerprint density at radius 1 is 1.07 bits per heavy atom. The molecule has 1 atom stereocenters. The molecule has 2 N–H and O–H groups in total. The van der Waals surface area contributed by atoms with Crippen molar-refractivity contribution in [3.8, 4) is 11.9 Å². The summed E-state index contributed by atoms with van der Waals surface area (Å²) in [5.41, 5.74) is 6.48. The number of benzodiazepines with no additional fused rings is 1. The maximum absolute atomic E-state index is 13.6. The number of benzene rings is 2. The second kappa shape index (κ2) is 12.3. The molecule has 210 valence electrons. The van der Waals surface area contributed by atoms with Crippen LogP contribution in [0.15, 0.2) is 47.6 Å². The minimum Gasteiger partial charge on any atom is -0.480 e. The van der Waals surface area contributed by atoms with Crippen molar-refractivity contribution < 1.29 is 14.3 Å². The number of methoxy groups -OCH3 is 2. The zero-order valence-corrected chi connectivity index (χ0v) is 24.7. The number of hydrogen-bond donors (Lipinski definition) is 2. The van der Waals surface area contributed by atoms with Gasteiger partial charge >= 0.3 is 6.01 Å². The van der Waals surface area contributed by atoms with Gasteiger partial charge in [0.15, 0.2) is 5.11 Å². The van der Waals surface area contributed by atoms with Crippen LogP contribution >= 0.6 is 12.2 Å². The number of carbonyl (C=O) groups excluding carboxylic acids is 1. The number of aryl methyl sites for hydroxylation is 2. The van der Waals surface area contributed by atoms with Crippen LogP contribution in [0.4, 0.5) is 17.1 Å². The van der Waals surface area contributed by atoms with E-state index in [9.17, 15) is 4.79 Å². The van der Waals surface area contributed by atoms with E-state index in [2.05, 4.69) is 51.5 Å². The molecule has 1 aliphatic rings. The molecule has 0 saturated heterocycles. The second-order valence-corrected chi connectivity index (χ2v) is 9.76. The molecule has 1 amide bonds. The smallest absolute Gasteiger partial charge is 0.319 e. The SMILES string of the molecule is CCN(CC)c1ccc(NC(=S)NC2N=C(c3cnc(OC)nc3OC)c3cc(C)ccc3N(C)C2=O)c(C)c1. The zero-order chi connectivity index (χ0) is 29.0. The summed E-state index contributed by atoms with van der Waals surface area (Å²) in [6.07, 6.45) is 0.564. The van der Waals surface area contributed by atoms with E-state index in [0.717, 1.165) is 41.2 Å². The molecule has 40 heavy (non-hydrogen) atoms. The van der Waals surface area contributed by atoms with E-state index < -0.39 is 6.17 Å². The molecule has 1 aliphatic heterocycles. The summed E-state index contributed by atoms with van der Waals surface area (Å²) in [6, 6.07) is 12.2. The first-order valence-corrected chi connectivity index (χ1v) is 13.5. The van der Waals surface area contributed by atoms with Gasteiger partial charge in [0.1, 0.15) is 0 Å². The normalized spacial score (nSPS) is 14.6. The Morgan fingerprint density at radius 2 is 1.82 bits per heavy atom. The maximum atomic E-state index is 13.6. The number of carbonyl (C=O) groups is 1. The van der Waals surface area contributed by atoms with Gasteiger partial charge in [0.25, 0.3) is 5.91 Å². The summed E-state index contributed by atoms with van der Waals surface area (Å²) in [5, 5.41) is 6.61. The summed E-state index contributed by atoms with van der Waals surface area (Å²) < 4.78 is 10.7. The first-order chi connectivity index (χ1) is 19.2. The number of aromatic nitrogens is 2. The van der Waals surface area contributed by atoms with Gasteiger partial charge in [-0.15, -0.1) is 0 Å². The minimum atomic E-state index is -1.02. The molecule has 2 aromatic carbocycles. The van der Waals surface area contributed by atoms with Gasteiger partial charge in [0, 0.05) is 43.3 Å². The van der Waals surface area contributed by atoms with Gasteiger partial charge in [-0.1, -0.05) is 11.6 Å². The molecule has 0 bridgehead atoms. The number of nitrogens with one attached hydrogen (secondary N) is 2. The number of thiocarbonyl (C=S) groups is 1. The molecule has 1 unspecified atom stereocenters. The lowest BCUT2D eigenvalue weighted by Gasteiger charge is -2.23. The van der Waals surface area contributed by atoms with Crippen molar-refractivity contribution in [3.63, 3.8) is 0 Å². The number of ether oxygens (including phenoxy) is 2. The van der Waals surface area contributed by atoms with Gasteiger partial charge in [0.2, 0.25) is 12.0 Å². The highest BCUT2D eigenvalue weighted by Gasteiger charge is 2.32. The lowest BCUT2D eigenvalue weighted by Crippen LogP contribution is -2.47. The molecule has 0 fully saturated rings. The van der Waals surface area contributed by atoms with Crippen LogP contribution in [0.3, 0.4) is 0 Å². The topological polar surface area (TPSA) is 104 Å². The summed E-state index contributed by atoms with van der Waals surface area (Å²) >= 11 is 5.65. The van der Waals surface area contributed by atoms with Crippen molar-refractivity contribution in [2.75, 3.05) is 49.5 Å². The van der Waals surface area contributed by atoms with Crippen LogP contribution in [-0.2, 0) is 4.79 Å². The Morgan fingerprint density at radius 3 is 2.48 bits per heavy atom. The number of anilines is 3. The van der Waals surface area contributed by atoms with Crippen molar-refractivity contribution in [1.29, 1.82) is 0 Å². The van der Waals surface area contributed by atoms with E-state index in [1.807, 2.05) is 38.1 Å². The average Bonchev–Trinajstić information content (AvgIpc) is 3.05. The Hall–Kier alpha value is -4.25. The largest absolute Gasteiger partial charge is 0.480 e. The van der Waals surface area contributed by atoms with Crippen LogP contribution in [-0.4, -0.2) is 67.2 Å². The quantitative estimate of drug-likeness (QED) is 0.394. The predicted molar refractivity (Wildman–Crippen MR) is 163 cm³/mol. The lowest BCUT2D eigenvalue weighted by atomic mass is 10.00. The molecule has 3 aromatic rings. The van der Waals surface area contributed by atoms with Crippen LogP contribution < -0.4 is 29.9 Å². The number of amides is 1. The van der Waals surface area contributed by atoms with Crippen molar-refractivity contribution in [2.45, 2.75) is 33.9 Å². The van der Waals surface area contributed by atoms with Crippen LogP contribution in [0.1, 0.15) is 36.1 Å². The van der Waals surface area contributed by atoms with Gasteiger partial charge < -0.3 is 29.9 Å². The predicted octanol–water partition coefficient (Wildman–Crippen LogP) is 4.08. The number of aliphatic imine (C=N–C) groups is 1. The van der Waals surface area contributed by atoms with Gasteiger partial charge in [-0.3, -0.25) is 4.79 Å². The molecule has 11 heteroatoms. The standard InChI is InChI=1S/C29H35N7O3S/c1-8-36(9-2)19-11-12-22(18(4)15-19)31-29(40)33-25-27(37)35(5)23-13-10-17(3)14-20(23)24(32-25)21-16-30-28(39-7)34-26(21)38-6/h10-16,25H,8-9H2,1-7H3,(H2,31,33,40). The summed E-state index contributed by atoms with van der Waals surface area (Å²) in [4.78, 5) is 31.0. The monoisotopic (exact) mass is 561 g/mol. The van der Waals surface area contributed by atoms with Crippen molar-refractivity contribution >= 4 is 46.0 Å². The van der Waals surface area contributed by atoms with E-state index in [0.29, 0.717) is 17.0 Å². The fourth-order valence-corrected chi connectivity index (χ4v) is 4.84. The Bertz CT molecular complexity index is 1460. The molecular weight excluding hydrogens is 526 g/mol. The number of nitrogens with zero attached hydrogens (tertiary/aromatic N) is 5.